The second-order valence-corrected chi connectivity index (χ2v) is 22.7. The minimum atomic E-state index is -0.788. The van der Waals surface area contributed by atoms with Gasteiger partial charge in [0.25, 0.3) is 0 Å². The molecule has 0 saturated carbocycles. The zero-order valence-corrected chi connectivity index (χ0v) is 53.3. The van der Waals surface area contributed by atoms with Crippen molar-refractivity contribution in [2.75, 3.05) is 13.2 Å². The number of ether oxygens (including phenoxy) is 3. The molecule has 0 aromatic heterocycles. The van der Waals surface area contributed by atoms with Crippen LogP contribution in [0.2, 0.25) is 0 Å². The van der Waals surface area contributed by atoms with Crippen molar-refractivity contribution in [1.82, 2.24) is 0 Å². The molecular weight excluding hydrogens is 997 g/mol. The van der Waals surface area contributed by atoms with Crippen LogP contribution < -0.4 is 0 Å². The Kier molecular flexibility index (Phi) is 65.2. The fourth-order valence-electron chi connectivity index (χ4n) is 9.59. The number of carbonyl (C=O) groups excluding carboxylic acids is 3. The Balaban J connectivity index is 4.25. The normalized spacial score (nSPS) is 12.8. The fourth-order valence-corrected chi connectivity index (χ4v) is 9.59. The highest BCUT2D eigenvalue weighted by molar-refractivity contribution is 5.71. The third kappa shape index (κ3) is 66.8. The molecule has 0 N–H and O–H groups in total. The first-order valence-corrected chi connectivity index (χ1v) is 34.4. The molecule has 0 aliphatic rings. The van der Waals surface area contributed by atoms with Gasteiger partial charge in [-0.1, -0.05) is 291 Å². The van der Waals surface area contributed by atoms with E-state index in [4.69, 9.17) is 14.2 Å². The predicted octanol–water partition coefficient (Wildman–Crippen LogP) is 23.8. The lowest BCUT2D eigenvalue weighted by Gasteiger charge is -2.18. The van der Waals surface area contributed by atoms with Gasteiger partial charge in [-0.3, -0.25) is 14.4 Å². The van der Waals surface area contributed by atoms with E-state index >= 15 is 0 Å². The quantitative estimate of drug-likeness (QED) is 0.0261. The SMILES string of the molecule is CC/C=C\C/C=C\C/C=C\C/C=C\C/C=C\C/C=C\C/C=C\CCCCCCCCCCCCCC(=O)OCC(COC(=O)CCCCCCC/C=C\CCCCCCC)OC(=O)CCCCCCC/C=C\CCCCCCCCC. The molecule has 0 radical (unpaired) electrons. The van der Waals surface area contributed by atoms with E-state index in [0.717, 1.165) is 122 Å². The van der Waals surface area contributed by atoms with E-state index in [1.807, 2.05) is 0 Å². The fraction of sp³-hybridized carbons (Fsp3) is 0.720. The Bertz CT molecular complexity index is 1620. The zero-order valence-electron chi connectivity index (χ0n) is 53.3. The van der Waals surface area contributed by atoms with Gasteiger partial charge in [0.05, 0.1) is 0 Å². The molecule has 1 unspecified atom stereocenters. The molecule has 0 aromatic carbocycles. The maximum absolute atomic E-state index is 12.9. The molecule has 0 aromatic rings. The van der Waals surface area contributed by atoms with Gasteiger partial charge >= 0.3 is 17.9 Å². The molecular formula is C75H128O6. The molecule has 0 spiro atoms. The summed E-state index contributed by atoms with van der Waals surface area (Å²) in [7, 11) is 0. The van der Waals surface area contributed by atoms with Crippen LogP contribution in [0.15, 0.2) is 109 Å². The van der Waals surface area contributed by atoms with E-state index in [1.165, 1.54) is 167 Å². The van der Waals surface area contributed by atoms with Gasteiger partial charge in [-0.2, -0.15) is 0 Å². The summed E-state index contributed by atoms with van der Waals surface area (Å²) in [5.74, 6) is -0.892. The summed E-state index contributed by atoms with van der Waals surface area (Å²) in [5.41, 5.74) is 0. The first kappa shape index (κ1) is 77.1. The highest BCUT2D eigenvalue weighted by Gasteiger charge is 2.19. The molecule has 0 heterocycles. The van der Waals surface area contributed by atoms with Crippen LogP contribution in [0, 0.1) is 0 Å². The van der Waals surface area contributed by atoms with E-state index in [1.54, 1.807) is 0 Å². The van der Waals surface area contributed by atoms with Gasteiger partial charge < -0.3 is 14.2 Å². The first-order chi connectivity index (χ1) is 40.0. The lowest BCUT2D eigenvalue weighted by atomic mass is 10.0. The molecule has 0 rings (SSSR count). The number of hydrogen-bond donors (Lipinski definition) is 0. The Morgan fingerprint density at radius 2 is 0.481 bits per heavy atom. The maximum Gasteiger partial charge on any atom is 0.306 e. The molecule has 81 heavy (non-hydrogen) atoms. The molecule has 6 nitrogen and oxygen atoms in total. The van der Waals surface area contributed by atoms with E-state index in [0.29, 0.717) is 19.3 Å². The van der Waals surface area contributed by atoms with Crippen LogP contribution >= 0.6 is 0 Å². The minimum absolute atomic E-state index is 0.0839. The summed E-state index contributed by atoms with van der Waals surface area (Å²) in [6.45, 7) is 6.52. The van der Waals surface area contributed by atoms with Crippen LogP contribution in [-0.2, 0) is 28.6 Å². The number of carbonyl (C=O) groups is 3. The van der Waals surface area contributed by atoms with Crippen molar-refractivity contribution in [2.45, 2.75) is 335 Å². The lowest BCUT2D eigenvalue weighted by Crippen LogP contribution is -2.30. The van der Waals surface area contributed by atoms with E-state index < -0.39 is 6.10 Å². The molecule has 0 saturated heterocycles. The van der Waals surface area contributed by atoms with Crippen molar-refractivity contribution in [3.8, 4) is 0 Å². The van der Waals surface area contributed by atoms with Crippen molar-refractivity contribution in [1.29, 1.82) is 0 Å². The molecule has 0 aliphatic carbocycles. The second kappa shape index (κ2) is 68.6. The van der Waals surface area contributed by atoms with E-state index in [-0.39, 0.29) is 31.1 Å². The largest absolute Gasteiger partial charge is 0.462 e. The maximum atomic E-state index is 12.9. The van der Waals surface area contributed by atoms with Crippen LogP contribution in [0.1, 0.15) is 329 Å². The van der Waals surface area contributed by atoms with Crippen LogP contribution in [0.4, 0.5) is 0 Å². The van der Waals surface area contributed by atoms with Gasteiger partial charge in [0.1, 0.15) is 13.2 Å². The summed E-state index contributed by atoms with van der Waals surface area (Å²) in [6, 6.07) is 0. The van der Waals surface area contributed by atoms with Crippen LogP contribution in [0.25, 0.3) is 0 Å². The summed E-state index contributed by atoms with van der Waals surface area (Å²) >= 11 is 0. The molecule has 0 fully saturated rings. The van der Waals surface area contributed by atoms with Crippen LogP contribution in [0.3, 0.4) is 0 Å². The number of esters is 3. The molecule has 464 valence electrons. The summed E-state index contributed by atoms with van der Waals surface area (Å²) in [4.78, 5) is 38.4. The van der Waals surface area contributed by atoms with Gasteiger partial charge in [-0.25, -0.2) is 0 Å². The van der Waals surface area contributed by atoms with Crippen molar-refractivity contribution >= 4 is 17.9 Å². The monoisotopic (exact) mass is 1120 g/mol. The zero-order chi connectivity index (χ0) is 58.5. The summed E-state index contributed by atoms with van der Waals surface area (Å²) in [5, 5.41) is 0. The average Bonchev–Trinajstić information content (AvgIpc) is 3.47. The van der Waals surface area contributed by atoms with E-state index in [2.05, 4.69) is 130 Å². The molecule has 0 aliphatic heterocycles. The van der Waals surface area contributed by atoms with Crippen LogP contribution in [-0.4, -0.2) is 37.2 Å². The first-order valence-electron chi connectivity index (χ1n) is 34.4. The van der Waals surface area contributed by atoms with Crippen molar-refractivity contribution in [2.24, 2.45) is 0 Å². The van der Waals surface area contributed by atoms with Gasteiger partial charge in [0.15, 0.2) is 6.10 Å². The number of allylic oxidation sites excluding steroid dienone is 18. The Morgan fingerprint density at radius 1 is 0.259 bits per heavy atom. The second-order valence-electron chi connectivity index (χ2n) is 22.7. The Hall–Kier alpha value is -3.93. The molecule has 1 atom stereocenters. The third-order valence-electron chi connectivity index (χ3n) is 14.7. The minimum Gasteiger partial charge on any atom is -0.462 e. The average molecular weight is 1130 g/mol. The van der Waals surface area contributed by atoms with Crippen molar-refractivity contribution in [3.63, 3.8) is 0 Å². The highest BCUT2D eigenvalue weighted by Crippen LogP contribution is 2.16. The smallest absolute Gasteiger partial charge is 0.306 e. The molecule has 0 amide bonds. The van der Waals surface area contributed by atoms with E-state index in [9.17, 15) is 14.4 Å². The summed E-state index contributed by atoms with van der Waals surface area (Å²) < 4.78 is 16.9. The van der Waals surface area contributed by atoms with Gasteiger partial charge in [0.2, 0.25) is 0 Å². The Labute approximate surface area is 501 Å². The van der Waals surface area contributed by atoms with Crippen LogP contribution in [0.5, 0.6) is 0 Å². The third-order valence-corrected chi connectivity index (χ3v) is 14.7. The number of rotatable bonds is 62. The van der Waals surface area contributed by atoms with Crippen molar-refractivity contribution < 1.29 is 28.6 Å². The van der Waals surface area contributed by atoms with Crippen molar-refractivity contribution in [3.05, 3.63) is 109 Å². The molecule has 0 bridgehead atoms. The highest BCUT2D eigenvalue weighted by atomic mass is 16.6. The van der Waals surface area contributed by atoms with Gasteiger partial charge in [-0.05, 0) is 128 Å². The van der Waals surface area contributed by atoms with Gasteiger partial charge in [0, 0.05) is 19.3 Å². The topological polar surface area (TPSA) is 78.9 Å². The number of unbranched alkanes of at least 4 members (excludes halogenated alkanes) is 33. The molecule has 6 heteroatoms. The summed E-state index contributed by atoms with van der Waals surface area (Å²) in [6.07, 6.45) is 93.9. The van der Waals surface area contributed by atoms with Gasteiger partial charge in [-0.15, -0.1) is 0 Å². The lowest BCUT2D eigenvalue weighted by molar-refractivity contribution is -0.167. The predicted molar refractivity (Wildman–Crippen MR) is 353 cm³/mol. The Morgan fingerprint density at radius 3 is 0.765 bits per heavy atom. The number of hydrogen-bond acceptors (Lipinski definition) is 6. The standard InChI is InChI=1S/C75H128O6/c1-4-7-10-13-16-19-22-25-28-30-31-32-33-34-35-36-37-38-39-40-41-42-43-44-45-46-48-50-53-56-59-62-65-68-74(77)80-71-72(70-79-73(76)67-64-61-58-55-52-49-27-24-21-18-15-12-9-6-3)81-75(78)69-66-63-60-57-54-51-47-29-26-23-20-17-14-11-8-5-2/h7,10,16,19,24-25,27-29,31-32,34-35,37-38,40-41,47,72H,4-6,8-9,11-15,17-18,20-23,26,30,33,36,39,42-46,48-71H2,1-3H3/b10-7-,19-16-,27-24-,28-25-,32-31-,35-34-,38-37-,41-40-,47-29-.